The maximum atomic E-state index is 9.51. The third-order valence-corrected chi connectivity index (χ3v) is 5.12. The van der Waals surface area contributed by atoms with Gasteiger partial charge in [0.25, 0.3) is 0 Å². The summed E-state index contributed by atoms with van der Waals surface area (Å²) in [7, 11) is 1.70. The number of aliphatic hydroxyl groups is 1. The number of aryl methyl sites for hydroxylation is 1. The normalized spacial score (nSPS) is 19.0. The lowest BCUT2D eigenvalue weighted by Gasteiger charge is -2.41. The Balaban J connectivity index is 1.61. The van der Waals surface area contributed by atoms with E-state index in [1.807, 2.05) is 12.1 Å². The fraction of sp³-hybridized carbons (Fsp3) is 0.524. The molecule has 0 saturated carbocycles. The maximum absolute atomic E-state index is 9.51. The fourth-order valence-corrected chi connectivity index (χ4v) is 3.65. The molecule has 0 aliphatic carbocycles. The zero-order valence-corrected chi connectivity index (χ0v) is 15.9. The summed E-state index contributed by atoms with van der Waals surface area (Å²) in [6.45, 7) is 7.00. The molecule has 0 amide bonds. The van der Waals surface area contributed by atoms with Crippen molar-refractivity contribution < 1.29 is 14.3 Å². The largest absolute Gasteiger partial charge is 0.497 e. The van der Waals surface area contributed by atoms with E-state index < -0.39 is 0 Å². The quantitative estimate of drug-likeness (QED) is 0.786. The zero-order chi connectivity index (χ0) is 18.4. The summed E-state index contributed by atoms with van der Waals surface area (Å²) in [6, 6.07) is 12.7. The Bertz CT molecular complexity index is 685. The number of hydrogen-bond donors (Lipinski definition) is 1. The lowest BCUT2D eigenvalue weighted by Crippen LogP contribution is -2.52. The molecule has 1 aliphatic rings. The van der Waals surface area contributed by atoms with Gasteiger partial charge in [-0.05, 0) is 36.2 Å². The van der Waals surface area contributed by atoms with Crippen LogP contribution in [0, 0.1) is 0 Å². The first-order valence-corrected chi connectivity index (χ1v) is 9.49. The minimum Gasteiger partial charge on any atom is -0.497 e. The lowest BCUT2D eigenvalue weighted by atomic mass is 10.1. The molecule has 0 bridgehead atoms. The highest BCUT2D eigenvalue weighted by Gasteiger charge is 2.27. The molecule has 1 atom stereocenters. The van der Waals surface area contributed by atoms with Crippen LogP contribution in [0.5, 0.6) is 5.75 Å². The number of aliphatic hydroxyl groups excluding tert-OH is 1. The van der Waals surface area contributed by atoms with Crippen LogP contribution in [0.15, 0.2) is 40.8 Å². The van der Waals surface area contributed by atoms with E-state index in [2.05, 4.69) is 41.0 Å². The SMILES string of the molecule is CCc1ccc(CN2CCN(Cc3cccc(OC)c3)[C@H](CCO)C2)o1. The summed E-state index contributed by atoms with van der Waals surface area (Å²) >= 11 is 0. The Morgan fingerprint density at radius 2 is 2.00 bits per heavy atom. The van der Waals surface area contributed by atoms with Gasteiger partial charge in [-0.2, -0.15) is 0 Å². The van der Waals surface area contributed by atoms with Gasteiger partial charge in [0, 0.05) is 45.2 Å². The summed E-state index contributed by atoms with van der Waals surface area (Å²) in [5, 5.41) is 9.51. The van der Waals surface area contributed by atoms with Crippen LogP contribution < -0.4 is 4.74 Å². The van der Waals surface area contributed by atoms with Crippen molar-refractivity contribution in [2.75, 3.05) is 33.4 Å². The van der Waals surface area contributed by atoms with Gasteiger partial charge in [0.15, 0.2) is 0 Å². The van der Waals surface area contributed by atoms with Crippen molar-refractivity contribution >= 4 is 0 Å². The summed E-state index contributed by atoms with van der Waals surface area (Å²) in [5.41, 5.74) is 1.25. The smallest absolute Gasteiger partial charge is 0.119 e. The van der Waals surface area contributed by atoms with E-state index in [1.165, 1.54) is 5.56 Å². The van der Waals surface area contributed by atoms with E-state index in [1.54, 1.807) is 7.11 Å². The summed E-state index contributed by atoms with van der Waals surface area (Å²) in [6.07, 6.45) is 1.72. The van der Waals surface area contributed by atoms with E-state index in [0.29, 0.717) is 6.04 Å². The minimum absolute atomic E-state index is 0.216. The highest BCUT2D eigenvalue weighted by Crippen LogP contribution is 2.21. The van der Waals surface area contributed by atoms with Gasteiger partial charge in [-0.3, -0.25) is 9.80 Å². The Kier molecular flexibility index (Phi) is 6.72. The summed E-state index contributed by atoms with van der Waals surface area (Å²) < 4.78 is 11.2. The Morgan fingerprint density at radius 3 is 2.73 bits per heavy atom. The van der Waals surface area contributed by atoms with Gasteiger partial charge in [-0.25, -0.2) is 0 Å². The molecule has 142 valence electrons. The number of methoxy groups -OCH3 is 1. The molecule has 5 nitrogen and oxygen atoms in total. The van der Waals surface area contributed by atoms with Crippen LogP contribution in [0.1, 0.15) is 30.4 Å². The number of piperazine rings is 1. The van der Waals surface area contributed by atoms with Crippen molar-refractivity contribution in [1.29, 1.82) is 0 Å². The van der Waals surface area contributed by atoms with Crippen molar-refractivity contribution in [3.8, 4) is 5.75 Å². The number of furan rings is 1. The third-order valence-electron chi connectivity index (χ3n) is 5.12. The van der Waals surface area contributed by atoms with Gasteiger partial charge in [0.05, 0.1) is 13.7 Å². The number of ether oxygens (including phenoxy) is 1. The molecule has 0 unspecified atom stereocenters. The van der Waals surface area contributed by atoms with Gasteiger partial charge in [-0.15, -0.1) is 0 Å². The van der Waals surface area contributed by atoms with Crippen molar-refractivity contribution in [3.05, 3.63) is 53.5 Å². The van der Waals surface area contributed by atoms with Crippen LogP contribution in [0.4, 0.5) is 0 Å². The Hall–Kier alpha value is -1.82. The molecule has 2 heterocycles. The molecule has 0 radical (unpaired) electrons. The average Bonchev–Trinajstić information content (AvgIpc) is 3.12. The van der Waals surface area contributed by atoms with Gasteiger partial charge < -0.3 is 14.3 Å². The minimum atomic E-state index is 0.216. The Labute approximate surface area is 156 Å². The maximum Gasteiger partial charge on any atom is 0.119 e. The number of hydrogen-bond acceptors (Lipinski definition) is 5. The molecule has 0 spiro atoms. The van der Waals surface area contributed by atoms with E-state index in [4.69, 9.17) is 9.15 Å². The monoisotopic (exact) mass is 358 g/mol. The van der Waals surface area contributed by atoms with E-state index in [0.717, 1.165) is 62.8 Å². The zero-order valence-electron chi connectivity index (χ0n) is 15.9. The first-order valence-electron chi connectivity index (χ1n) is 9.49. The van der Waals surface area contributed by atoms with Crippen LogP contribution >= 0.6 is 0 Å². The molecular formula is C21H30N2O3. The average molecular weight is 358 g/mol. The topological polar surface area (TPSA) is 49.1 Å². The molecule has 1 aliphatic heterocycles. The third kappa shape index (κ3) is 4.87. The van der Waals surface area contributed by atoms with Gasteiger partial charge in [-0.1, -0.05) is 19.1 Å². The molecule has 1 N–H and O–H groups in total. The van der Waals surface area contributed by atoms with Gasteiger partial charge in [0.1, 0.15) is 17.3 Å². The summed E-state index contributed by atoms with van der Waals surface area (Å²) in [5.74, 6) is 2.97. The number of rotatable bonds is 8. The number of benzene rings is 1. The molecule has 2 aromatic rings. The van der Waals surface area contributed by atoms with E-state index in [-0.39, 0.29) is 6.61 Å². The molecule has 3 rings (SSSR count). The second-order valence-corrected chi connectivity index (χ2v) is 6.94. The second kappa shape index (κ2) is 9.21. The fourth-order valence-electron chi connectivity index (χ4n) is 3.65. The second-order valence-electron chi connectivity index (χ2n) is 6.94. The van der Waals surface area contributed by atoms with Crippen LogP contribution in [0.2, 0.25) is 0 Å². The van der Waals surface area contributed by atoms with Gasteiger partial charge in [0.2, 0.25) is 0 Å². The van der Waals surface area contributed by atoms with Crippen LogP contribution in [-0.2, 0) is 19.5 Å². The molecule has 5 heteroatoms. The Morgan fingerprint density at radius 1 is 1.15 bits per heavy atom. The standard InChI is InChI=1S/C21H30N2O3/c1-3-19-7-8-21(26-19)16-22-10-11-23(18(15-22)9-12-24)14-17-5-4-6-20(13-17)25-2/h4-8,13,18,24H,3,9-12,14-16H2,1-2H3/t18-/m1/s1. The van der Waals surface area contributed by atoms with Crippen LogP contribution in [-0.4, -0.2) is 54.3 Å². The highest BCUT2D eigenvalue weighted by atomic mass is 16.5. The predicted octanol–water partition coefficient (Wildman–Crippen LogP) is 2.92. The molecular weight excluding hydrogens is 328 g/mol. The van der Waals surface area contributed by atoms with E-state index in [9.17, 15) is 5.11 Å². The molecule has 1 aromatic carbocycles. The molecule has 1 fully saturated rings. The lowest BCUT2D eigenvalue weighted by molar-refractivity contribution is 0.0466. The molecule has 26 heavy (non-hydrogen) atoms. The first kappa shape index (κ1) is 19.0. The molecule has 1 aromatic heterocycles. The molecule has 1 saturated heterocycles. The van der Waals surface area contributed by atoms with Crippen molar-refractivity contribution in [2.45, 2.75) is 38.9 Å². The van der Waals surface area contributed by atoms with Crippen molar-refractivity contribution in [3.63, 3.8) is 0 Å². The van der Waals surface area contributed by atoms with E-state index >= 15 is 0 Å². The van der Waals surface area contributed by atoms with Crippen LogP contribution in [0.25, 0.3) is 0 Å². The van der Waals surface area contributed by atoms with Crippen molar-refractivity contribution in [1.82, 2.24) is 9.80 Å². The highest BCUT2D eigenvalue weighted by molar-refractivity contribution is 5.28. The number of nitrogens with zero attached hydrogens (tertiary/aromatic N) is 2. The summed E-state index contributed by atoms with van der Waals surface area (Å²) in [4.78, 5) is 4.90. The van der Waals surface area contributed by atoms with Crippen LogP contribution in [0.3, 0.4) is 0 Å². The first-order chi connectivity index (χ1) is 12.7. The van der Waals surface area contributed by atoms with Crippen molar-refractivity contribution in [2.24, 2.45) is 0 Å². The van der Waals surface area contributed by atoms with Gasteiger partial charge >= 0.3 is 0 Å². The predicted molar refractivity (Wildman–Crippen MR) is 102 cm³/mol.